The predicted molar refractivity (Wildman–Crippen MR) is 143 cm³/mol. The minimum Gasteiger partial charge on any atom is -0.493 e. The second kappa shape index (κ2) is 10.9. The van der Waals surface area contributed by atoms with Crippen LogP contribution in [0.1, 0.15) is 41.4 Å². The first-order valence-corrected chi connectivity index (χ1v) is 12.5. The summed E-state index contributed by atoms with van der Waals surface area (Å²) >= 11 is 1.15. The zero-order valence-corrected chi connectivity index (χ0v) is 22.3. The molecule has 4 rings (SSSR count). The minimum atomic E-state index is -1.04. The van der Waals surface area contributed by atoms with Crippen molar-refractivity contribution in [3.63, 3.8) is 0 Å². The molecule has 0 saturated heterocycles. The number of rotatable bonds is 8. The molecule has 0 saturated carbocycles. The number of hydrogen-bond donors (Lipinski definition) is 2. The normalized spacial score (nSPS) is 15.0. The summed E-state index contributed by atoms with van der Waals surface area (Å²) in [7, 11) is 3.03. The van der Waals surface area contributed by atoms with Crippen molar-refractivity contribution >= 4 is 35.2 Å². The van der Waals surface area contributed by atoms with E-state index in [2.05, 4.69) is 10.3 Å². The molecule has 1 atom stereocenters. The summed E-state index contributed by atoms with van der Waals surface area (Å²) < 4.78 is 17.9. The Morgan fingerprint density at radius 1 is 1.16 bits per heavy atom. The van der Waals surface area contributed by atoms with Gasteiger partial charge in [-0.15, -0.1) is 0 Å². The number of allylic oxidation sites excluding steroid dienone is 1. The number of carbonyl (C=O) groups is 2. The SMILES string of the molecule is CCOC(=O)C1=C(C)N=c2s/c(=C\Nc3cccc(C(=O)O)c3C)c(=O)n2[C@@H]1c1ccc(OC)c(OC)c1. The Morgan fingerprint density at radius 2 is 1.89 bits per heavy atom. The third-order valence-electron chi connectivity index (χ3n) is 6.16. The number of aromatic carboxylic acids is 1. The first kappa shape index (κ1) is 26.7. The van der Waals surface area contributed by atoms with Crippen LogP contribution in [0.5, 0.6) is 11.5 Å². The molecule has 1 aromatic heterocycles. The molecule has 10 nitrogen and oxygen atoms in total. The van der Waals surface area contributed by atoms with E-state index in [1.807, 2.05) is 0 Å². The van der Waals surface area contributed by atoms with Gasteiger partial charge in [0, 0.05) is 11.9 Å². The molecule has 0 unspecified atom stereocenters. The van der Waals surface area contributed by atoms with E-state index in [9.17, 15) is 19.5 Å². The van der Waals surface area contributed by atoms with Crippen molar-refractivity contribution in [3.05, 3.63) is 84.0 Å². The number of anilines is 1. The molecule has 11 heteroatoms. The Hall–Kier alpha value is -4.38. The Bertz CT molecular complexity index is 1630. The number of methoxy groups -OCH3 is 2. The molecule has 38 heavy (non-hydrogen) atoms. The molecule has 2 aromatic carbocycles. The number of carbonyl (C=O) groups excluding carboxylic acids is 1. The summed E-state index contributed by atoms with van der Waals surface area (Å²) in [5.41, 5.74) is 2.18. The lowest BCUT2D eigenvalue weighted by Crippen LogP contribution is -2.40. The summed E-state index contributed by atoms with van der Waals surface area (Å²) in [5, 5.41) is 12.5. The van der Waals surface area contributed by atoms with Crippen LogP contribution < -0.4 is 29.7 Å². The molecule has 2 N–H and O–H groups in total. The first-order chi connectivity index (χ1) is 18.2. The van der Waals surface area contributed by atoms with Gasteiger partial charge in [0.25, 0.3) is 5.56 Å². The van der Waals surface area contributed by atoms with Gasteiger partial charge < -0.3 is 24.6 Å². The van der Waals surface area contributed by atoms with Crippen molar-refractivity contribution < 1.29 is 28.9 Å². The van der Waals surface area contributed by atoms with E-state index in [-0.39, 0.29) is 23.3 Å². The van der Waals surface area contributed by atoms with Crippen LogP contribution in [0.4, 0.5) is 5.69 Å². The molecule has 0 amide bonds. The van der Waals surface area contributed by atoms with Crippen molar-refractivity contribution in [1.82, 2.24) is 4.57 Å². The van der Waals surface area contributed by atoms with E-state index in [1.165, 1.54) is 31.1 Å². The van der Waals surface area contributed by atoms with Gasteiger partial charge >= 0.3 is 11.9 Å². The smallest absolute Gasteiger partial charge is 0.338 e. The number of benzene rings is 2. The monoisotopic (exact) mass is 537 g/mol. The van der Waals surface area contributed by atoms with Crippen LogP contribution in [-0.4, -0.2) is 42.4 Å². The maximum Gasteiger partial charge on any atom is 0.338 e. The minimum absolute atomic E-state index is 0.160. The fourth-order valence-electron chi connectivity index (χ4n) is 4.30. The Balaban J connectivity index is 1.88. The first-order valence-electron chi connectivity index (χ1n) is 11.7. The number of ether oxygens (including phenoxy) is 3. The van der Waals surface area contributed by atoms with Crippen molar-refractivity contribution in [1.29, 1.82) is 0 Å². The zero-order valence-electron chi connectivity index (χ0n) is 21.5. The number of aromatic nitrogens is 1. The number of fused-ring (bicyclic) bond motifs is 1. The molecule has 0 bridgehead atoms. The summed E-state index contributed by atoms with van der Waals surface area (Å²) in [6.45, 7) is 5.27. The van der Waals surface area contributed by atoms with Gasteiger partial charge in [0.1, 0.15) is 4.53 Å². The largest absolute Gasteiger partial charge is 0.493 e. The third-order valence-corrected chi connectivity index (χ3v) is 7.15. The van der Waals surface area contributed by atoms with Crippen LogP contribution in [0.3, 0.4) is 0 Å². The van der Waals surface area contributed by atoms with Crippen LogP contribution >= 0.6 is 11.3 Å². The lowest BCUT2D eigenvalue weighted by Gasteiger charge is -2.25. The van der Waals surface area contributed by atoms with Crippen LogP contribution in [0.25, 0.3) is 6.20 Å². The van der Waals surface area contributed by atoms with E-state index in [1.54, 1.807) is 51.1 Å². The number of esters is 1. The maximum absolute atomic E-state index is 13.7. The number of nitrogens with one attached hydrogen (secondary N) is 1. The molecule has 1 aliphatic heterocycles. The lowest BCUT2D eigenvalue weighted by molar-refractivity contribution is -0.139. The Kier molecular flexibility index (Phi) is 7.67. The van der Waals surface area contributed by atoms with Crippen LogP contribution in [-0.2, 0) is 9.53 Å². The molecule has 0 radical (unpaired) electrons. The third kappa shape index (κ3) is 4.80. The summed E-state index contributed by atoms with van der Waals surface area (Å²) in [6, 6.07) is 9.24. The molecular weight excluding hydrogens is 510 g/mol. The van der Waals surface area contributed by atoms with E-state index >= 15 is 0 Å². The van der Waals surface area contributed by atoms with Crippen LogP contribution in [0.2, 0.25) is 0 Å². The maximum atomic E-state index is 13.7. The highest BCUT2D eigenvalue weighted by Gasteiger charge is 2.34. The number of thiazole rings is 1. The predicted octanol–water partition coefficient (Wildman–Crippen LogP) is 2.84. The number of hydrogen-bond acceptors (Lipinski definition) is 9. The van der Waals surface area contributed by atoms with Crippen LogP contribution in [0.15, 0.2) is 57.5 Å². The van der Waals surface area contributed by atoms with Gasteiger partial charge in [0.05, 0.1) is 43.7 Å². The van der Waals surface area contributed by atoms with Crippen molar-refractivity contribution in [2.24, 2.45) is 4.99 Å². The Labute approximate surface area is 222 Å². The van der Waals surface area contributed by atoms with Gasteiger partial charge in [0.2, 0.25) is 0 Å². The van der Waals surface area contributed by atoms with Gasteiger partial charge in [-0.1, -0.05) is 23.5 Å². The zero-order chi connectivity index (χ0) is 27.6. The number of nitrogens with zero attached hydrogens (tertiary/aromatic N) is 2. The summed E-state index contributed by atoms with van der Waals surface area (Å²) in [5.74, 6) is -0.657. The fraction of sp³-hybridized carbons (Fsp3) is 0.259. The standard InChI is InChI=1S/C27H27N3O7S/c1-6-37-26(34)22-15(3)29-27-30(23(22)16-10-11-19(35-4)20(12-16)36-5)24(31)21(38-27)13-28-18-9-7-8-17(14(18)2)25(32)33/h7-13,23,28H,6H2,1-5H3,(H,32,33)/b21-13-/t23-/m1/s1. The molecule has 2 heterocycles. The molecule has 0 aliphatic carbocycles. The van der Waals surface area contributed by atoms with Gasteiger partial charge in [-0.25, -0.2) is 14.6 Å². The van der Waals surface area contributed by atoms with Gasteiger partial charge in [-0.05, 0) is 56.2 Å². The Morgan fingerprint density at radius 3 is 2.55 bits per heavy atom. The van der Waals surface area contributed by atoms with Gasteiger partial charge in [0.15, 0.2) is 16.3 Å². The highest BCUT2D eigenvalue weighted by molar-refractivity contribution is 7.07. The molecule has 3 aromatic rings. The highest BCUT2D eigenvalue weighted by Crippen LogP contribution is 2.36. The second-order valence-electron chi connectivity index (χ2n) is 8.34. The van der Waals surface area contributed by atoms with Crippen molar-refractivity contribution in [2.75, 3.05) is 26.1 Å². The quantitative estimate of drug-likeness (QED) is 0.420. The number of carboxylic acids is 1. The molecule has 0 spiro atoms. The highest BCUT2D eigenvalue weighted by atomic mass is 32.1. The van der Waals surface area contributed by atoms with E-state index in [0.717, 1.165) is 11.3 Å². The van der Waals surface area contributed by atoms with Crippen molar-refractivity contribution in [2.45, 2.75) is 26.8 Å². The second-order valence-corrected chi connectivity index (χ2v) is 9.35. The summed E-state index contributed by atoms with van der Waals surface area (Å²) in [6.07, 6.45) is 1.52. The van der Waals surface area contributed by atoms with E-state index < -0.39 is 18.0 Å². The van der Waals surface area contributed by atoms with Gasteiger partial charge in [-0.3, -0.25) is 9.36 Å². The van der Waals surface area contributed by atoms with Crippen molar-refractivity contribution in [3.8, 4) is 11.5 Å². The van der Waals surface area contributed by atoms with E-state index in [4.69, 9.17) is 14.2 Å². The summed E-state index contributed by atoms with van der Waals surface area (Å²) in [4.78, 5) is 43.2. The molecular formula is C27H27N3O7S. The molecule has 198 valence electrons. The van der Waals surface area contributed by atoms with E-state index in [0.29, 0.717) is 43.3 Å². The average molecular weight is 538 g/mol. The van der Waals surface area contributed by atoms with Gasteiger partial charge in [-0.2, -0.15) is 0 Å². The average Bonchev–Trinajstić information content (AvgIpc) is 3.21. The fourth-order valence-corrected chi connectivity index (χ4v) is 5.27. The van der Waals surface area contributed by atoms with Crippen LogP contribution in [0, 0.1) is 6.92 Å². The molecule has 0 fully saturated rings. The molecule has 1 aliphatic rings. The lowest BCUT2D eigenvalue weighted by atomic mass is 9.95. The topological polar surface area (TPSA) is 128 Å². The number of carboxylic acid groups (broad SMARTS) is 1.